The van der Waals surface area contributed by atoms with E-state index in [1.165, 1.54) is 0 Å². The standard InChI is InChI=1S/C23H26N2O3S/c1-15-11-17-18(25-19-13-23(2,3)14-20(26)22(17)19)12-21(15)29(27,28)24-10-9-16-7-5-4-6-8-16/h4-8,11-12,24-25H,9-10,13-14H2,1-3H3. The lowest BCUT2D eigenvalue weighted by Crippen LogP contribution is -2.26. The summed E-state index contributed by atoms with van der Waals surface area (Å²) in [5.74, 6) is 0.124. The van der Waals surface area contributed by atoms with Crippen molar-refractivity contribution in [2.45, 2.75) is 44.9 Å². The van der Waals surface area contributed by atoms with E-state index in [9.17, 15) is 13.2 Å². The number of carbonyl (C=O) groups is 1. The Hall–Kier alpha value is -2.44. The summed E-state index contributed by atoms with van der Waals surface area (Å²) in [5.41, 5.74) is 3.98. The van der Waals surface area contributed by atoms with E-state index < -0.39 is 10.0 Å². The Morgan fingerprint density at radius 3 is 2.55 bits per heavy atom. The lowest BCUT2D eigenvalue weighted by Gasteiger charge is -2.28. The Bertz CT molecular complexity index is 1190. The quantitative estimate of drug-likeness (QED) is 0.663. The third-order valence-corrected chi connectivity index (χ3v) is 7.19. The van der Waals surface area contributed by atoms with Crippen LogP contribution in [-0.4, -0.2) is 25.7 Å². The van der Waals surface area contributed by atoms with Crippen molar-refractivity contribution >= 4 is 26.7 Å². The monoisotopic (exact) mass is 410 g/mol. The normalized spacial score (nSPS) is 16.2. The van der Waals surface area contributed by atoms with E-state index in [2.05, 4.69) is 23.6 Å². The first-order valence-electron chi connectivity index (χ1n) is 9.88. The van der Waals surface area contributed by atoms with E-state index in [-0.39, 0.29) is 16.1 Å². The van der Waals surface area contributed by atoms with Gasteiger partial charge in [-0.2, -0.15) is 0 Å². The number of Topliss-reactive ketones (excluding diaryl/α,β-unsaturated/α-hetero) is 1. The summed E-state index contributed by atoms with van der Waals surface area (Å²) in [6.45, 7) is 6.27. The maximum atomic E-state index is 12.9. The second kappa shape index (κ2) is 7.11. The summed E-state index contributed by atoms with van der Waals surface area (Å²) >= 11 is 0. The Morgan fingerprint density at radius 2 is 1.83 bits per heavy atom. The van der Waals surface area contributed by atoms with Crippen LogP contribution in [0.15, 0.2) is 47.4 Å². The van der Waals surface area contributed by atoms with Gasteiger partial charge in [0.25, 0.3) is 0 Å². The number of aryl methyl sites for hydroxylation is 1. The molecule has 0 saturated carbocycles. The number of fused-ring (bicyclic) bond motifs is 3. The zero-order valence-corrected chi connectivity index (χ0v) is 17.8. The van der Waals surface area contributed by atoms with Gasteiger partial charge in [-0.25, -0.2) is 13.1 Å². The van der Waals surface area contributed by atoms with Crippen LogP contribution >= 0.6 is 0 Å². The van der Waals surface area contributed by atoms with Crippen LogP contribution in [0.4, 0.5) is 0 Å². The van der Waals surface area contributed by atoms with Crippen LogP contribution < -0.4 is 4.72 Å². The predicted molar refractivity (Wildman–Crippen MR) is 115 cm³/mol. The highest BCUT2D eigenvalue weighted by atomic mass is 32.2. The number of aromatic amines is 1. The third-order valence-electron chi connectivity index (χ3n) is 5.58. The first kappa shape index (κ1) is 19.9. The maximum Gasteiger partial charge on any atom is 0.240 e. The molecule has 0 bridgehead atoms. The number of sulfonamides is 1. The summed E-state index contributed by atoms with van der Waals surface area (Å²) in [6, 6.07) is 13.3. The lowest BCUT2D eigenvalue weighted by molar-refractivity contribution is 0.0913. The minimum Gasteiger partial charge on any atom is -0.358 e. The minimum atomic E-state index is -3.65. The van der Waals surface area contributed by atoms with Gasteiger partial charge in [-0.15, -0.1) is 0 Å². The largest absolute Gasteiger partial charge is 0.358 e. The van der Waals surface area contributed by atoms with Crippen molar-refractivity contribution in [1.29, 1.82) is 0 Å². The SMILES string of the molecule is Cc1cc2c3c([nH]c2cc1S(=O)(=O)NCCc1ccccc1)CC(C)(C)CC3=O. The topological polar surface area (TPSA) is 79.0 Å². The first-order valence-corrected chi connectivity index (χ1v) is 11.4. The van der Waals surface area contributed by atoms with E-state index in [0.717, 1.165) is 28.6 Å². The van der Waals surface area contributed by atoms with E-state index >= 15 is 0 Å². The van der Waals surface area contributed by atoms with Gasteiger partial charge in [0.2, 0.25) is 10.0 Å². The van der Waals surface area contributed by atoms with Gasteiger partial charge in [-0.3, -0.25) is 4.79 Å². The minimum absolute atomic E-state index is 0.0894. The van der Waals surface area contributed by atoms with Gasteiger partial charge in [0.1, 0.15) is 0 Å². The molecule has 0 aliphatic heterocycles. The van der Waals surface area contributed by atoms with E-state index in [0.29, 0.717) is 30.5 Å². The Labute approximate surface area is 171 Å². The van der Waals surface area contributed by atoms with Gasteiger partial charge >= 0.3 is 0 Å². The Morgan fingerprint density at radius 1 is 1.10 bits per heavy atom. The zero-order chi connectivity index (χ0) is 20.8. The molecule has 3 aromatic rings. The molecule has 0 saturated heterocycles. The fraction of sp³-hybridized carbons (Fsp3) is 0.348. The molecule has 0 spiro atoms. The molecule has 0 unspecified atom stereocenters. The van der Waals surface area contributed by atoms with Crippen molar-refractivity contribution in [3.05, 3.63) is 64.8 Å². The summed E-state index contributed by atoms with van der Waals surface area (Å²) < 4.78 is 28.5. The molecule has 4 rings (SSSR count). The number of nitrogens with one attached hydrogen (secondary N) is 2. The molecule has 1 heterocycles. The number of rotatable bonds is 5. The maximum absolute atomic E-state index is 12.9. The van der Waals surface area contributed by atoms with Gasteiger partial charge in [0, 0.05) is 35.1 Å². The smallest absolute Gasteiger partial charge is 0.240 e. The molecule has 0 fully saturated rings. The van der Waals surface area contributed by atoms with Crippen LogP contribution in [0.5, 0.6) is 0 Å². The highest BCUT2D eigenvalue weighted by Gasteiger charge is 2.34. The number of H-pyrrole nitrogens is 1. The van der Waals surface area contributed by atoms with Crippen LogP contribution in [-0.2, 0) is 22.9 Å². The van der Waals surface area contributed by atoms with Crippen LogP contribution in [0.2, 0.25) is 0 Å². The molecule has 2 aromatic carbocycles. The molecule has 2 N–H and O–H groups in total. The molecular weight excluding hydrogens is 384 g/mol. The predicted octanol–water partition coefficient (Wildman–Crippen LogP) is 4.15. The van der Waals surface area contributed by atoms with E-state index in [4.69, 9.17) is 0 Å². The zero-order valence-electron chi connectivity index (χ0n) is 17.0. The molecule has 1 aromatic heterocycles. The van der Waals surface area contributed by atoms with Crippen LogP contribution in [0.1, 0.15) is 47.4 Å². The summed E-state index contributed by atoms with van der Waals surface area (Å²) in [4.78, 5) is 16.3. The number of aromatic nitrogens is 1. The first-order chi connectivity index (χ1) is 13.7. The lowest BCUT2D eigenvalue weighted by atomic mass is 9.76. The average Bonchev–Trinajstić information content (AvgIpc) is 2.97. The van der Waals surface area contributed by atoms with E-state index in [1.807, 2.05) is 36.4 Å². The highest BCUT2D eigenvalue weighted by molar-refractivity contribution is 7.89. The van der Waals surface area contributed by atoms with Gasteiger partial charge in [0.15, 0.2) is 5.78 Å². The van der Waals surface area contributed by atoms with Crippen molar-refractivity contribution < 1.29 is 13.2 Å². The molecule has 152 valence electrons. The molecule has 1 aliphatic carbocycles. The second-order valence-electron chi connectivity index (χ2n) is 8.72. The number of hydrogen-bond donors (Lipinski definition) is 2. The molecular formula is C23H26N2O3S. The fourth-order valence-electron chi connectivity index (χ4n) is 4.24. The Balaban J connectivity index is 1.64. The Kier molecular flexibility index (Phi) is 4.87. The number of benzene rings is 2. The van der Waals surface area contributed by atoms with Crippen molar-refractivity contribution in [2.75, 3.05) is 6.54 Å². The van der Waals surface area contributed by atoms with Gasteiger partial charge in [-0.1, -0.05) is 44.2 Å². The molecule has 0 amide bonds. The molecule has 0 radical (unpaired) electrons. The molecule has 1 aliphatic rings. The van der Waals surface area contributed by atoms with Gasteiger partial charge in [-0.05, 0) is 48.4 Å². The van der Waals surface area contributed by atoms with Crippen molar-refractivity contribution in [3.8, 4) is 0 Å². The summed E-state index contributed by atoms with van der Waals surface area (Å²) in [6.07, 6.45) is 1.91. The molecule has 29 heavy (non-hydrogen) atoms. The summed E-state index contributed by atoms with van der Waals surface area (Å²) in [5, 5.41) is 0.821. The van der Waals surface area contributed by atoms with Gasteiger partial charge in [0.05, 0.1) is 4.90 Å². The summed E-state index contributed by atoms with van der Waals surface area (Å²) in [7, 11) is -3.65. The van der Waals surface area contributed by atoms with Crippen molar-refractivity contribution in [3.63, 3.8) is 0 Å². The number of ketones is 1. The van der Waals surface area contributed by atoms with Crippen LogP contribution in [0.3, 0.4) is 0 Å². The number of carbonyl (C=O) groups excluding carboxylic acids is 1. The van der Waals surface area contributed by atoms with Crippen molar-refractivity contribution in [1.82, 2.24) is 9.71 Å². The van der Waals surface area contributed by atoms with Crippen LogP contribution in [0.25, 0.3) is 10.9 Å². The molecule has 6 heteroatoms. The third kappa shape index (κ3) is 3.87. The van der Waals surface area contributed by atoms with Crippen molar-refractivity contribution in [2.24, 2.45) is 5.41 Å². The molecule has 5 nitrogen and oxygen atoms in total. The number of hydrogen-bond acceptors (Lipinski definition) is 3. The second-order valence-corrected chi connectivity index (χ2v) is 10.5. The molecule has 0 atom stereocenters. The van der Waals surface area contributed by atoms with Crippen LogP contribution in [0, 0.1) is 12.3 Å². The van der Waals surface area contributed by atoms with E-state index in [1.54, 1.807) is 13.0 Å². The van der Waals surface area contributed by atoms with Gasteiger partial charge < -0.3 is 4.98 Å². The fourth-order valence-corrected chi connectivity index (χ4v) is 5.52. The highest BCUT2D eigenvalue weighted by Crippen LogP contribution is 2.38. The average molecular weight is 411 g/mol.